The second kappa shape index (κ2) is 10.7. The van der Waals surface area contributed by atoms with Crippen LogP contribution >= 0.6 is 0 Å². The molecule has 0 heterocycles. The zero-order chi connectivity index (χ0) is 17.9. The molecule has 25 heavy (non-hydrogen) atoms. The van der Waals surface area contributed by atoms with Gasteiger partial charge in [0.2, 0.25) is 0 Å². The van der Waals surface area contributed by atoms with Crippen LogP contribution in [0.5, 0.6) is 0 Å². The number of hydrogen-bond acceptors (Lipinski definition) is 2. The summed E-state index contributed by atoms with van der Waals surface area (Å²) in [6, 6.07) is 17.2. The summed E-state index contributed by atoms with van der Waals surface area (Å²) in [5, 5.41) is 12.5. The van der Waals surface area contributed by atoms with Gasteiger partial charge in [-0.3, -0.25) is 0 Å². The van der Waals surface area contributed by atoms with Gasteiger partial charge in [0.25, 0.3) is 0 Å². The molecule has 1 atom stereocenters. The van der Waals surface area contributed by atoms with Crippen LogP contribution in [0.3, 0.4) is 0 Å². The smallest absolute Gasteiger partial charge is 0.123 e. The van der Waals surface area contributed by atoms with E-state index in [1.165, 1.54) is 23.3 Å². The van der Waals surface area contributed by atoms with Gasteiger partial charge >= 0.3 is 0 Å². The number of allylic oxidation sites excluding steroid dienone is 1. The normalized spacial score (nSPS) is 12.8. The van der Waals surface area contributed by atoms with E-state index in [9.17, 15) is 4.39 Å². The van der Waals surface area contributed by atoms with Crippen molar-refractivity contribution in [2.75, 3.05) is 11.9 Å². The Morgan fingerprint density at radius 1 is 1.08 bits per heavy atom. The average molecular weight is 341 g/mol. The van der Waals surface area contributed by atoms with Gasteiger partial charge in [-0.1, -0.05) is 42.0 Å². The lowest BCUT2D eigenvalue weighted by Crippen LogP contribution is -2.20. The Hall–Kier alpha value is -2.13. The van der Waals surface area contributed by atoms with Crippen molar-refractivity contribution in [3.05, 3.63) is 77.6 Å². The molecule has 3 heteroatoms. The van der Waals surface area contributed by atoms with E-state index >= 15 is 0 Å². The number of unbranched alkanes of at least 4 members (excludes halogenated alkanes) is 1. The van der Waals surface area contributed by atoms with Gasteiger partial charge in [-0.2, -0.15) is 0 Å². The van der Waals surface area contributed by atoms with Crippen LogP contribution < -0.4 is 5.32 Å². The number of anilines is 1. The maximum atomic E-state index is 13.1. The molecule has 0 aliphatic rings. The van der Waals surface area contributed by atoms with Crippen LogP contribution in [0.25, 0.3) is 0 Å². The first kappa shape index (κ1) is 19.2. The summed E-state index contributed by atoms with van der Waals surface area (Å²) in [5.74, 6) is -0.221. The van der Waals surface area contributed by atoms with E-state index < -0.39 is 0 Å². The fourth-order valence-corrected chi connectivity index (χ4v) is 2.89. The number of halogens is 1. The van der Waals surface area contributed by atoms with Crippen molar-refractivity contribution in [1.29, 1.82) is 0 Å². The van der Waals surface area contributed by atoms with Gasteiger partial charge in [-0.05, 0) is 68.9 Å². The van der Waals surface area contributed by atoms with Crippen LogP contribution in [0.2, 0.25) is 0 Å². The van der Waals surface area contributed by atoms with Gasteiger partial charge in [-0.25, -0.2) is 4.39 Å². The van der Waals surface area contributed by atoms with E-state index in [4.69, 9.17) is 5.11 Å². The summed E-state index contributed by atoms with van der Waals surface area (Å²) < 4.78 is 13.1. The lowest BCUT2D eigenvalue weighted by molar-refractivity contribution is 0.281. The van der Waals surface area contributed by atoms with Crippen molar-refractivity contribution >= 4 is 5.69 Å². The highest BCUT2D eigenvalue weighted by atomic mass is 19.1. The third kappa shape index (κ3) is 7.53. The van der Waals surface area contributed by atoms with Crippen molar-refractivity contribution in [2.24, 2.45) is 0 Å². The maximum absolute atomic E-state index is 13.1. The predicted octanol–water partition coefficient (Wildman–Crippen LogP) is 5.35. The SMILES string of the molecule is C/C(=C\Cc1ccccc1)CC(CCCCO)Nc1ccc(F)cc1. The number of nitrogens with one attached hydrogen (secondary N) is 1. The Morgan fingerprint density at radius 3 is 2.48 bits per heavy atom. The molecule has 2 aromatic rings. The van der Waals surface area contributed by atoms with E-state index in [2.05, 4.69) is 42.6 Å². The molecule has 134 valence electrons. The zero-order valence-electron chi connectivity index (χ0n) is 14.9. The van der Waals surface area contributed by atoms with Crippen molar-refractivity contribution in [3.63, 3.8) is 0 Å². The highest BCUT2D eigenvalue weighted by Gasteiger charge is 2.09. The number of aliphatic hydroxyl groups excluding tert-OH is 1. The van der Waals surface area contributed by atoms with Crippen LogP contribution in [0.15, 0.2) is 66.2 Å². The second-order valence-electron chi connectivity index (χ2n) is 6.51. The summed E-state index contributed by atoms with van der Waals surface area (Å²) in [5.41, 5.74) is 3.59. The number of benzene rings is 2. The van der Waals surface area contributed by atoms with Crippen molar-refractivity contribution < 1.29 is 9.50 Å². The first-order valence-electron chi connectivity index (χ1n) is 9.00. The van der Waals surface area contributed by atoms with Crippen LogP contribution in [0.4, 0.5) is 10.1 Å². The van der Waals surface area contributed by atoms with Crippen LogP contribution in [-0.2, 0) is 6.42 Å². The van der Waals surface area contributed by atoms with Crippen LogP contribution in [-0.4, -0.2) is 17.8 Å². The van der Waals surface area contributed by atoms with E-state index in [0.29, 0.717) is 0 Å². The summed E-state index contributed by atoms with van der Waals surface area (Å²) >= 11 is 0. The van der Waals surface area contributed by atoms with Gasteiger partial charge in [0.1, 0.15) is 5.82 Å². The lowest BCUT2D eigenvalue weighted by Gasteiger charge is -2.20. The fourth-order valence-electron chi connectivity index (χ4n) is 2.89. The fraction of sp³-hybridized carbons (Fsp3) is 0.364. The Morgan fingerprint density at radius 2 is 1.80 bits per heavy atom. The Labute approximate surface area is 150 Å². The van der Waals surface area contributed by atoms with Gasteiger partial charge in [-0.15, -0.1) is 0 Å². The minimum Gasteiger partial charge on any atom is -0.396 e. The van der Waals surface area contributed by atoms with Crippen molar-refractivity contribution in [1.82, 2.24) is 0 Å². The largest absolute Gasteiger partial charge is 0.396 e. The molecule has 1 unspecified atom stereocenters. The highest BCUT2D eigenvalue weighted by Crippen LogP contribution is 2.18. The molecule has 2 rings (SSSR count). The topological polar surface area (TPSA) is 32.3 Å². The molecule has 0 aromatic heterocycles. The summed E-state index contributed by atoms with van der Waals surface area (Å²) in [4.78, 5) is 0. The third-order valence-electron chi connectivity index (χ3n) is 4.27. The Balaban J connectivity index is 1.94. The summed E-state index contributed by atoms with van der Waals surface area (Å²) in [6.45, 7) is 2.39. The lowest BCUT2D eigenvalue weighted by atomic mass is 9.99. The van der Waals surface area contributed by atoms with E-state index in [1.54, 1.807) is 12.1 Å². The first-order chi connectivity index (χ1) is 12.2. The quantitative estimate of drug-likeness (QED) is 0.451. The minimum absolute atomic E-state index is 0.221. The van der Waals surface area contributed by atoms with E-state index in [-0.39, 0.29) is 18.5 Å². The molecule has 2 aromatic carbocycles. The number of aliphatic hydroxyl groups is 1. The molecule has 0 saturated carbocycles. The molecule has 0 amide bonds. The molecule has 0 radical (unpaired) electrons. The molecule has 0 bridgehead atoms. The number of hydrogen-bond donors (Lipinski definition) is 2. The first-order valence-corrected chi connectivity index (χ1v) is 9.00. The predicted molar refractivity (Wildman–Crippen MR) is 103 cm³/mol. The number of rotatable bonds is 10. The maximum Gasteiger partial charge on any atom is 0.123 e. The Bertz CT molecular complexity index is 637. The molecule has 0 aliphatic heterocycles. The zero-order valence-corrected chi connectivity index (χ0v) is 14.9. The molecule has 2 nitrogen and oxygen atoms in total. The van der Waals surface area contributed by atoms with Crippen molar-refractivity contribution in [3.8, 4) is 0 Å². The Kier molecular flexibility index (Phi) is 8.20. The van der Waals surface area contributed by atoms with Gasteiger partial charge < -0.3 is 10.4 Å². The van der Waals surface area contributed by atoms with Gasteiger partial charge in [0.05, 0.1) is 0 Å². The second-order valence-corrected chi connectivity index (χ2v) is 6.51. The summed E-state index contributed by atoms with van der Waals surface area (Å²) in [6.07, 6.45) is 6.92. The van der Waals surface area contributed by atoms with Crippen molar-refractivity contribution in [2.45, 2.75) is 45.1 Å². The van der Waals surface area contributed by atoms with Crippen LogP contribution in [0, 0.1) is 5.82 Å². The minimum atomic E-state index is -0.221. The molecular formula is C22H28FNO. The van der Waals surface area contributed by atoms with Crippen LogP contribution in [0.1, 0.15) is 38.2 Å². The molecule has 2 N–H and O–H groups in total. The van der Waals surface area contributed by atoms with E-state index in [0.717, 1.165) is 37.8 Å². The monoisotopic (exact) mass is 341 g/mol. The molecule has 0 spiro atoms. The van der Waals surface area contributed by atoms with E-state index in [1.807, 2.05) is 6.07 Å². The highest BCUT2D eigenvalue weighted by molar-refractivity contribution is 5.44. The average Bonchev–Trinajstić information content (AvgIpc) is 2.63. The summed E-state index contributed by atoms with van der Waals surface area (Å²) in [7, 11) is 0. The molecular weight excluding hydrogens is 313 g/mol. The van der Waals surface area contributed by atoms with Gasteiger partial charge in [0.15, 0.2) is 0 Å². The molecule has 0 aliphatic carbocycles. The molecule has 0 fully saturated rings. The van der Waals surface area contributed by atoms with Gasteiger partial charge in [0, 0.05) is 18.3 Å². The molecule has 0 saturated heterocycles. The standard InChI is InChI=1S/C22H28FNO/c1-18(10-11-19-7-3-2-4-8-19)17-22(9-5-6-16-25)24-21-14-12-20(23)13-15-21/h2-4,7-8,10,12-15,22,24-25H,5-6,9,11,16-17H2,1H3/b18-10+. The third-order valence-corrected chi connectivity index (χ3v) is 4.27.